The SMILES string of the molecule is O=C(NCCC1CCCCC1)NCC1COc2ccccc2O1. The molecule has 3 rings (SSSR count). The first-order chi connectivity index (χ1) is 11.3. The lowest BCUT2D eigenvalue weighted by Gasteiger charge is -2.26. The minimum atomic E-state index is -0.144. The van der Waals surface area contributed by atoms with Gasteiger partial charge in [0.25, 0.3) is 0 Å². The van der Waals surface area contributed by atoms with Crippen molar-refractivity contribution >= 4 is 6.03 Å². The third-order valence-corrected chi connectivity index (χ3v) is 4.62. The normalized spacial score (nSPS) is 20.8. The second-order valence-electron chi connectivity index (χ2n) is 6.43. The molecule has 1 unspecified atom stereocenters. The van der Waals surface area contributed by atoms with Crippen molar-refractivity contribution in [2.24, 2.45) is 5.92 Å². The van der Waals surface area contributed by atoms with Crippen LogP contribution in [0.3, 0.4) is 0 Å². The maximum Gasteiger partial charge on any atom is 0.314 e. The van der Waals surface area contributed by atoms with Gasteiger partial charge in [0, 0.05) is 6.54 Å². The zero-order valence-corrected chi connectivity index (χ0v) is 13.6. The monoisotopic (exact) mass is 318 g/mol. The molecule has 23 heavy (non-hydrogen) atoms. The molecule has 5 nitrogen and oxygen atoms in total. The standard InChI is InChI=1S/C18H26N2O3/c21-18(19-11-10-14-6-2-1-3-7-14)20-12-15-13-22-16-8-4-5-9-17(16)23-15/h4-5,8-9,14-15H,1-3,6-7,10-13H2,(H2,19,20,21). The topological polar surface area (TPSA) is 59.6 Å². The quantitative estimate of drug-likeness (QED) is 0.877. The van der Waals surface area contributed by atoms with Gasteiger partial charge in [-0.15, -0.1) is 0 Å². The van der Waals surface area contributed by atoms with E-state index in [1.165, 1.54) is 32.1 Å². The Kier molecular flexibility index (Phi) is 5.61. The number of hydrogen-bond donors (Lipinski definition) is 2. The maximum atomic E-state index is 11.9. The van der Waals surface area contributed by atoms with E-state index in [4.69, 9.17) is 9.47 Å². The molecule has 2 N–H and O–H groups in total. The van der Waals surface area contributed by atoms with Gasteiger partial charge >= 0.3 is 6.03 Å². The number of fused-ring (bicyclic) bond motifs is 1. The van der Waals surface area contributed by atoms with E-state index in [0.29, 0.717) is 13.2 Å². The van der Waals surface area contributed by atoms with Crippen LogP contribution in [-0.2, 0) is 0 Å². The second-order valence-corrected chi connectivity index (χ2v) is 6.43. The van der Waals surface area contributed by atoms with Gasteiger partial charge in [-0.1, -0.05) is 44.2 Å². The number of carbonyl (C=O) groups is 1. The molecule has 1 aliphatic heterocycles. The van der Waals surface area contributed by atoms with Crippen molar-refractivity contribution in [3.8, 4) is 11.5 Å². The van der Waals surface area contributed by atoms with Gasteiger partial charge in [0.05, 0.1) is 6.54 Å². The first-order valence-electron chi connectivity index (χ1n) is 8.71. The van der Waals surface area contributed by atoms with Crippen molar-refractivity contribution in [3.63, 3.8) is 0 Å². The third-order valence-electron chi connectivity index (χ3n) is 4.62. The molecule has 5 heteroatoms. The summed E-state index contributed by atoms with van der Waals surface area (Å²) < 4.78 is 11.4. The highest BCUT2D eigenvalue weighted by Gasteiger charge is 2.21. The molecule has 126 valence electrons. The van der Waals surface area contributed by atoms with E-state index in [1.54, 1.807) is 0 Å². The Hall–Kier alpha value is -1.91. The van der Waals surface area contributed by atoms with Gasteiger partial charge in [-0.25, -0.2) is 4.79 Å². The first kappa shape index (κ1) is 16.0. The van der Waals surface area contributed by atoms with Gasteiger partial charge in [0.2, 0.25) is 0 Å². The Morgan fingerprint density at radius 2 is 1.87 bits per heavy atom. The lowest BCUT2D eigenvalue weighted by Crippen LogP contribution is -2.44. The largest absolute Gasteiger partial charge is 0.486 e. The molecule has 1 heterocycles. The minimum absolute atomic E-state index is 0.122. The molecule has 1 aliphatic carbocycles. The summed E-state index contributed by atoms with van der Waals surface area (Å²) in [6.07, 6.45) is 7.63. The van der Waals surface area contributed by atoms with Crippen LogP contribution >= 0.6 is 0 Å². The number of para-hydroxylation sites is 2. The van der Waals surface area contributed by atoms with Crippen LogP contribution in [0.5, 0.6) is 11.5 Å². The van der Waals surface area contributed by atoms with Gasteiger partial charge in [0.1, 0.15) is 6.61 Å². The summed E-state index contributed by atoms with van der Waals surface area (Å²) in [4.78, 5) is 11.9. The Balaban J connectivity index is 1.32. The Morgan fingerprint density at radius 1 is 1.09 bits per heavy atom. The van der Waals surface area contributed by atoms with Gasteiger partial charge in [-0.2, -0.15) is 0 Å². The van der Waals surface area contributed by atoms with E-state index < -0.39 is 0 Å². The van der Waals surface area contributed by atoms with Crippen molar-refractivity contribution in [1.29, 1.82) is 0 Å². The molecule has 2 amide bonds. The summed E-state index contributed by atoms with van der Waals surface area (Å²) in [7, 11) is 0. The summed E-state index contributed by atoms with van der Waals surface area (Å²) in [6.45, 7) is 1.66. The fourth-order valence-electron chi connectivity index (χ4n) is 3.30. The van der Waals surface area contributed by atoms with Crippen molar-refractivity contribution in [1.82, 2.24) is 10.6 Å². The zero-order chi connectivity index (χ0) is 15.9. The molecule has 0 aromatic heterocycles. The second kappa shape index (κ2) is 8.09. The molecular formula is C18H26N2O3. The maximum absolute atomic E-state index is 11.9. The fourth-order valence-corrected chi connectivity index (χ4v) is 3.30. The number of nitrogens with one attached hydrogen (secondary N) is 2. The molecule has 1 saturated carbocycles. The number of urea groups is 1. The van der Waals surface area contributed by atoms with Crippen LogP contribution in [0.4, 0.5) is 4.79 Å². The number of carbonyl (C=O) groups excluding carboxylic acids is 1. The van der Waals surface area contributed by atoms with Crippen LogP contribution in [0.1, 0.15) is 38.5 Å². The number of ether oxygens (including phenoxy) is 2. The van der Waals surface area contributed by atoms with Crippen molar-refractivity contribution in [2.45, 2.75) is 44.6 Å². The van der Waals surface area contributed by atoms with E-state index >= 15 is 0 Å². The van der Waals surface area contributed by atoms with Gasteiger partial charge in [0.15, 0.2) is 17.6 Å². The van der Waals surface area contributed by atoms with Crippen molar-refractivity contribution in [3.05, 3.63) is 24.3 Å². The highest BCUT2D eigenvalue weighted by atomic mass is 16.6. The molecule has 0 radical (unpaired) electrons. The summed E-state index contributed by atoms with van der Waals surface area (Å²) in [5, 5.41) is 5.81. The van der Waals surface area contributed by atoms with Crippen LogP contribution < -0.4 is 20.1 Å². The molecule has 1 fully saturated rings. The highest BCUT2D eigenvalue weighted by molar-refractivity contribution is 5.73. The van der Waals surface area contributed by atoms with Crippen molar-refractivity contribution in [2.75, 3.05) is 19.7 Å². The third kappa shape index (κ3) is 4.78. The molecule has 2 aliphatic rings. The van der Waals surface area contributed by atoms with E-state index in [-0.39, 0.29) is 12.1 Å². The summed E-state index contributed by atoms with van der Waals surface area (Å²) >= 11 is 0. The zero-order valence-electron chi connectivity index (χ0n) is 13.6. The highest BCUT2D eigenvalue weighted by Crippen LogP contribution is 2.30. The molecule has 0 saturated heterocycles. The summed E-state index contributed by atoms with van der Waals surface area (Å²) in [5.41, 5.74) is 0. The number of hydrogen-bond acceptors (Lipinski definition) is 3. The molecule has 1 atom stereocenters. The van der Waals surface area contributed by atoms with Gasteiger partial charge in [-0.05, 0) is 24.5 Å². The average molecular weight is 318 g/mol. The smallest absolute Gasteiger partial charge is 0.314 e. The van der Waals surface area contributed by atoms with Crippen molar-refractivity contribution < 1.29 is 14.3 Å². The first-order valence-corrected chi connectivity index (χ1v) is 8.71. The predicted molar refractivity (Wildman–Crippen MR) is 88.9 cm³/mol. The fraction of sp³-hybridized carbons (Fsp3) is 0.611. The minimum Gasteiger partial charge on any atom is -0.486 e. The van der Waals surface area contributed by atoms with Crippen LogP contribution in [0, 0.1) is 5.92 Å². The molecular weight excluding hydrogens is 292 g/mol. The Morgan fingerprint density at radius 3 is 2.70 bits per heavy atom. The predicted octanol–water partition coefficient (Wildman–Crippen LogP) is 3.10. The molecule has 1 aromatic rings. The number of amides is 2. The average Bonchev–Trinajstić information content (AvgIpc) is 2.61. The van der Waals surface area contributed by atoms with Crippen LogP contribution in [0.2, 0.25) is 0 Å². The molecule has 0 spiro atoms. The van der Waals surface area contributed by atoms with Gasteiger partial charge in [-0.3, -0.25) is 0 Å². The lowest BCUT2D eigenvalue weighted by molar-refractivity contribution is 0.0918. The van der Waals surface area contributed by atoms with E-state index in [2.05, 4.69) is 10.6 Å². The van der Waals surface area contributed by atoms with Crippen LogP contribution in [-0.4, -0.2) is 31.8 Å². The lowest BCUT2D eigenvalue weighted by atomic mass is 9.87. The van der Waals surface area contributed by atoms with E-state index in [0.717, 1.165) is 30.4 Å². The molecule has 1 aromatic carbocycles. The summed E-state index contributed by atoms with van der Waals surface area (Å²) in [6, 6.07) is 7.47. The van der Waals surface area contributed by atoms with E-state index in [9.17, 15) is 4.79 Å². The Labute approximate surface area is 137 Å². The van der Waals surface area contributed by atoms with Gasteiger partial charge < -0.3 is 20.1 Å². The molecule has 0 bridgehead atoms. The number of benzene rings is 1. The Bertz CT molecular complexity index is 515. The van der Waals surface area contributed by atoms with Crippen LogP contribution in [0.15, 0.2) is 24.3 Å². The van der Waals surface area contributed by atoms with E-state index in [1.807, 2.05) is 24.3 Å². The van der Waals surface area contributed by atoms with Crippen LogP contribution in [0.25, 0.3) is 0 Å². The number of rotatable bonds is 5. The summed E-state index contributed by atoms with van der Waals surface area (Å²) in [5.74, 6) is 2.29.